The van der Waals surface area contributed by atoms with Crippen molar-refractivity contribution in [1.82, 2.24) is 0 Å². The summed E-state index contributed by atoms with van der Waals surface area (Å²) in [6.07, 6.45) is 2.61. The molecular weight excluding hydrogens is 292 g/mol. The molecule has 0 aromatic heterocycles. The lowest BCUT2D eigenvalue weighted by atomic mass is 9.79. The van der Waals surface area contributed by atoms with E-state index in [1.807, 2.05) is 18.2 Å². The predicted molar refractivity (Wildman–Crippen MR) is 96.5 cm³/mol. The van der Waals surface area contributed by atoms with E-state index in [0.29, 0.717) is 12.3 Å². The minimum Gasteiger partial charge on any atom is -0.294 e. The van der Waals surface area contributed by atoms with Gasteiger partial charge in [-0.15, -0.1) is 0 Å². The lowest BCUT2D eigenvalue weighted by molar-refractivity contribution is 0.0964. The van der Waals surface area contributed by atoms with Gasteiger partial charge in [0.05, 0.1) is 0 Å². The highest BCUT2D eigenvalue weighted by molar-refractivity contribution is 5.99. The summed E-state index contributed by atoms with van der Waals surface area (Å²) in [5.41, 5.74) is 8.94. The van der Waals surface area contributed by atoms with E-state index in [-0.39, 0.29) is 5.78 Å². The Morgan fingerprint density at radius 2 is 1.38 bits per heavy atom. The molecule has 0 fully saturated rings. The summed E-state index contributed by atoms with van der Waals surface area (Å²) in [5, 5.41) is 0. The SMILES string of the molecule is O=C1CC(c2ccc3c(c2)-c2ccccc2C3)Cc2ccccc21. The van der Waals surface area contributed by atoms with Crippen molar-refractivity contribution in [3.8, 4) is 11.1 Å². The molecule has 0 N–H and O–H groups in total. The summed E-state index contributed by atoms with van der Waals surface area (Å²) >= 11 is 0. The molecule has 1 atom stereocenters. The van der Waals surface area contributed by atoms with Crippen molar-refractivity contribution in [2.24, 2.45) is 0 Å². The smallest absolute Gasteiger partial charge is 0.163 e. The molecule has 0 aliphatic heterocycles. The summed E-state index contributed by atoms with van der Waals surface area (Å²) in [5.74, 6) is 0.577. The fraction of sp³-hybridized carbons (Fsp3) is 0.174. The van der Waals surface area contributed by atoms with Gasteiger partial charge in [0, 0.05) is 12.0 Å². The van der Waals surface area contributed by atoms with Crippen molar-refractivity contribution in [2.45, 2.75) is 25.2 Å². The summed E-state index contributed by atoms with van der Waals surface area (Å²) in [4.78, 5) is 12.5. The zero-order valence-electron chi connectivity index (χ0n) is 13.5. The van der Waals surface area contributed by atoms with Crippen LogP contribution in [0.3, 0.4) is 0 Å². The van der Waals surface area contributed by atoms with Crippen molar-refractivity contribution in [1.29, 1.82) is 0 Å². The molecule has 2 aliphatic rings. The zero-order valence-corrected chi connectivity index (χ0v) is 13.5. The van der Waals surface area contributed by atoms with Crippen LogP contribution in [0.1, 0.15) is 45.0 Å². The Balaban J connectivity index is 1.55. The Morgan fingerprint density at radius 3 is 2.25 bits per heavy atom. The molecule has 0 saturated heterocycles. The van der Waals surface area contributed by atoms with Gasteiger partial charge in [0.1, 0.15) is 0 Å². The zero-order chi connectivity index (χ0) is 16.1. The Morgan fingerprint density at radius 1 is 0.667 bits per heavy atom. The predicted octanol–water partition coefficient (Wildman–Crippen LogP) is 5.17. The standard InChI is InChI=1S/C23H18O/c24-23-14-19(12-17-6-2-4-8-21(17)23)15-9-10-18-11-16-5-1-3-7-20(16)22(18)13-15/h1-10,13,19H,11-12,14H2. The molecule has 1 nitrogen and oxygen atoms in total. The maximum atomic E-state index is 12.5. The van der Waals surface area contributed by atoms with Gasteiger partial charge >= 0.3 is 0 Å². The van der Waals surface area contributed by atoms with E-state index >= 15 is 0 Å². The molecule has 2 aliphatic carbocycles. The first-order valence-corrected chi connectivity index (χ1v) is 8.62. The number of fused-ring (bicyclic) bond motifs is 4. The number of rotatable bonds is 1. The lowest BCUT2D eigenvalue weighted by Gasteiger charge is -2.24. The average Bonchev–Trinajstić information content (AvgIpc) is 2.99. The Bertz CT molecular complexity index is 967. The number of hydrogen-bond acceptors (Lipinski definition) is 1. The topological polar surface area (TPSA) is 17.1 Å². The van der Waals surface area contributed by atoms with Crippen molar-refractivity contribution in [2.75, 3.05) is 0 Å². The lowest BCUT2D eigenvalue weighted by Crippen LogP contribution is -2.18. The molecule has 0 radical (unpaired) electrons. The van der Waals surface area contributed by atoms with Crippen LogP contribution in [-0.4, -0.2) is 5.78 Å². The van der Waals surface area contributed by atoms with E-state index in [9.17, 15) is 4.79 Å². The summed E-state index contributed by atoms with van der Waals surface area (Å²) in [6, 6.07) is 23.5. The minimum atomic E-state index is 0.280. The van der Waals surface area contributed by atoms with Gasteiger partial charge in [0.25, 0.3) is 0 Å². The molecule has 3 aromatic carbocycles. The third-order valence-corrected chi connectivity index (χ3v) is 5.51. The van der Waals surface area contributed by atoms with Crippen LogP contribution in [0, 0.1) is 0 Å². The van der Waals surface area contributed by atoms with Crippen LogP contribution < -0.4 is 0 Å². The quantitative estimate of drug-likeness (QED) is 0.474. The first kappa shape index (κ1) is 13.7. The summed E-state index contributed by atoms with van der Waals surface area (Å²) < 4.78 is 0. The van der Waals surface area contributed by atoms with E-state index in [4.69, 9.17) is 0 Å². The second-order valence-electron chi connectivity index (χ2n) is 6.94. The van der Waals surface area contributed by atoms with E-state index < -0.39 is 0 Å². The fourth-order valence-corrected chi connectivity index (χ4v) is 4.27. The van der Waals surface area contributed by atoms with Gasteiger partial charge in [0.15, 0.2) is 5.78 Å². The Hall–Kier alpha value is -2.67. The van der Waals surface area contributed by atoms with Crippen LogP contribution in [0.5, 0.6) is 0 Å². The fourth-order valence-electron chi connectivity index (χ4n) is 4.27. The maximum Gasteiger partial charge on any atom is 0.163 e. The number of carbonyl (C=O) groups is 1. The van der Waals surface area contributed by atoms with Crippen LogP contribution >= 0.6 is 0 Å². The summed E-state index contributed by atoms with van der Waals surface area (Å²) in [6.45, 7) is 0. The van der Waals surface area contributed by atoms with Gasteiger partial charge in [-0.2, -0.15) is 0 Å². The second kappa shape index (κ2) is 5.17. The molecule has 0 amide bonds. The van der Waals surface area contributed by atoms with Gasteiger partial charge in [-0.05, 0) is 52.1 Å². The van der Waals surface area contributed by atoms with E-state index in [1.165, 1.54) is 33.4 Å². The molecule has 1 unspecified atom stereocenters. The first-order chi connectivity index (χ1) is 11.8. The first-order valence-electron chi connectivity index (χ1n) is 8.62. The van der Waals surface area contributed by atoms with Crippen LogP contribution in [0.25, 0.3) is 11.1 Å². The molecule has 0 bridgehead atoms. The molecule has 1 heteroatoms. The Labute approximate surface area is 142 Å². The van der Waals surface area contributed by atoms with Gasteiger partial charge < -0.3 is 0 Å². The largest absolute Gasteiger partial charge is 0.294 e. The number of hydrogen-bond donors (Lipinski definition) is 0. The number of ketones is 1. The molecule has 3 aromatic rings. The molecule has 0 spiro atoms. The molecule has 0 heterocycles. The van der Waals surface area contributed by atoms with Crippen LogP contribution in [0.15, 0.2) is 66.7 Å². The van der Waals surface area contributed by atoms with E-state index in [1.54, 1.807) is 0 Å². The number of carbonyl (C=O) groups excluding carboxylic acids is 1. The highest BCUT2D eigenvalue weighted by atomic mass is 16.1. The van der Waals surface area contributed by atoms with Gasteiger partial charge in [-0.1, -0.05) is 66.7 Å². The third kappa shape index (κ3) is 2.05. The van der Waals surface area contributed by atoms with E-state index in [0.717, 1.165) is 18.4 Å². The van der Waals surface area contributed by atoms with Crippen LogP contribution in [0.2, 0.25) is 0 Å². The molecule has 5 rings (SSSR count). The minimum absolute atomic E-state index is 0.280. The van der Waals surface area contributed by atoms with Crippen molar-refractivity contribution < 1.29 is 4.79 Å². The van der Waals surface area contributed by atoms with Crippen molar-refractivity contribution in [3.05, 3.63) is 94.5 Å². The normalized spacial score (nSPS) is 18.0. The van der Waals surface area contributed by atoms with Crippen LogP contribution in [-0.2, 0) is 12.8 Å². The van der Waals surface area contributed by atoms with Gasteiger partial charge in [0.2, 0.25) is 0 Å². The molecule has 0 saturated carbocycles. The molecule has 116 valence electrons. The molecule has 24 heavy (non-hydrogen) atoms. The van der Waals surface area contributed by atoms with Crippen molar-refractivity contribution in [3.63, 3.8) is 0 Å². The highest BCUT2D eigenvalue weighted by Gasteiger charge is 2.27. The number of benzene rings is 3. The Kier molecular flexibility index (Phi) is 2.96. The van der Waals surface area contributed by atoms with Gasteiger partial charge in [-0.3, -0.25) is 4.79 Å². The number of Topliss-reactive ketones (excluding diaryl/α,β-unsaturated/α-hetero) is 1. The van der Waals surface area contributed by atoms with Crippen molar-refractivity contribution >= 4 is 5.78 Å². The maximum absolute atomic E-state index is 12.5. The average molecular weight is 310 g/mol. The van der Waals surface area contributed by atoms with E-state index in [2.05, 4.69) is 48.5 Å². The molecular formula is C23H18O. The monoisotopic (exact) mass is 310 g/mol. The van der Waals surface area contributed by atoms with Gasteiger partial charge in [-0.25, -0.2) is 0 Å². The second-order valence-corrected chi connectivity index (χ2v) is 6.94. The third-order valence-electron chi connectivity index (χ3n) is 5.51. The summed E-state index contributed by atoms with van der Waals surface area (Å²) in [7, 11) is 0. The van der Waals surface area contributed by atoms with Crippen LogP contribution in [0.4, 0.5) is 0 Å². The highest BCUT2D eigenvalue weighted by Crippen LogP contribution is 2.40.